The van der Waals surface area contributed by atoms with Crippen LogP contribution in [-0.4, -0.2) is 36.0 Å². The highest BCUT2D eigenvalue weighted by atomic mass is 16.1. The molecule has 0 saturated carbocycles. The summed E-state index contributed by atoms with van der Waals surface area (Å²) in [5.41, 5.74) is 8.80. The maximum atomic E-state index is 11.8. The molecule has 0 aliphatic carbocycles. The van der Waals surface area contributed by atoms with Gasteiger partial charge in [0.15, 0.2) is 0 Å². The van der Waals surface area contributed by atoms with Gasteiger partial charge in [0.1, 0.15) is 0 Å². The van der Waals surface area contributed by atoms with E-state index in [1.54, 1.807) is 0 Å². The van der Waals surface area contributed by atoms with Crippen molar-refractivity contribution in [1.29, 1.82) is 0 Å². The minimum Gasteiger partial charge on any atom is -0.366 e. The highest BCUT2D eigenvalue weighted by Gasteiger charge is 2.41. The van der Waals surface area contributed by atoms with Crippen molar-refractivity contribution in [2.45, 2.75) is 50.2 Å². The number of piperidine rings is 1. The molecule has 2 aromatic rings. The van der Waals surface area contributed by atoms with Crippen LogP contribution in [0.4, 0.5) is 0 Å². The fourth-order valence-electron chi connectivity index (χ4n) is 5.01. The number of primary amides is 1. The van der Waals surface area contributed by atoms with Crippen molar-refractivity contribution in [2.75, 3.05) is 13.1 Å². The van der Waals surface area contributed by atoms with Crippen molar-refractivity contribution < 1.29 is 4.79 Å². The van der Waals surface area contributed by atoms with E-state index in [0.29, 0.717) is 23.6 Å². The smallest absolute Gasteiger partial charge is 0.248 e. The van der Waals surface area contributed by atoms with Gasteiger partial charge in [0, 0.05) is 37.3 Å². The van der Waals surface area contributed by atoms with Crippen LogP contribution in [0.15, 0.2) is 54.6 Å². The number of nitrogens with zero attached hydrogens (tertiary/aromatic N) is 1. The van der Waals surface area contributed by atoms with Crippen LogP contribution >= 0.6 is 0 Å². The molecule has 2 unspecified atom stereocenters. The molecule has 0 spiro atoms. The van der Waals surface area contributed by atoms with Crippen LogP contribution in [0.25, 0.3) is 0 Å². The first-order chi connectivity index (χ1) is 13.2. The molecular formula is C23H29N3O. The Balaban J connectivity index is 1.33. The fourth-order valence-corrected chi connectivity index (χ4v) is 5.01. The zero-order chi connectivity index (χ0) is 18.6. The molecule has 2 aliphatic heterocycles. The number of nitrogens with two attached hydrogens (primary N) is 1. The lowest BCUT2D eigenvalue weighted by atomic mass is 9.82. The van der Waals surface area contributed by atoms with Crippen LogP contribution in [-0.2, 0) is 6.54 Å². The van der Waals surface area contributed by atoms with Crippen molar-refractivity contribution in [3.8, 4) is 0 Å². The molecule has 2 aliphatic rings. The lowest BCUT2D eigenvalue weighted by molar-refractivity contribution is 0.0994. The minimum atomic E-state index is -0.300. The Morgan fingerprint density at radius 1 is 1.00 bits per heavy atom. The van der Waals surface area contributed by atoms with Crippen LogP contribution < -0.4 is 11.1 Å². The first kappa shape index (κ1) is 18.2. The summed E-state index contributed by atoms with van der Waals surface area (Å²) in [7, 11) is 0. The van der Waals surface area contributed by atoms with E-state index in [0.717, 1.165) is 38.0 Å². The van der Waals surface area contributed by atoms with Gasteiger partial charge in [-0.05, 0) is 48.8 Å². The van der Waals surface area contributed by atoms with E-state index in [4.69, 9.17) is 5.73 Å². The summed E-state index contributed by atoms with van der Waals surface area (Å²) < 4.78 is 0. The number of hydrogen-bond donors (Lipinski definition) is 2. The minimum absolute atomic E-state index is 0.300. The molecular weight excluding hydrogens is 334 g/mol. The lowest BCUT2D eigenvalue weighted by Crippen LogP contribution is -2.45. The highest BCUT2D eigenvalue weighted by Crippen LogP contribution is 2.43. The number of rotatable bonds is 7. The van der Waals surface area contributed by atoms with Crippen LogP contribution in [0.2, 0.25) is 0 Å². The largest absolute Gasteiger partial charge is 0.366 e. The average molecular weight is 364 g/mol. The van der Waals surface area contributed by atoms with Gasteiger partial charge in [-0.25, -0.2) is 0 Å². The van der Waals surface area contributed by atoms with E-state index >= 15 is 0 Å². The molecule has 2 atom stereocenters. The number of carbonyl (C=O) groups excluding carboxylic acids is 1. The van der Waals surface area contributed by atoms with Crippen LogP contribution in [0, 0.1) is 0 Å². The Hall–Kier alpha value is -2.17. The number of nitrogens with one attached hydrogen (secondary N) is 1. The second-order valence-electron chi connectivity index (χ2n) is 7.91. The van der Waals surface area contributed by atoms with Gasteiger partial charge >= 0.3 is 0 Å². The highest BCUT2D eigenvalue weighted by molar-refractivity contribution is 5.94. The molecule has 0 radical (unpaired) electrons. The molecule has 4 rings (SSSR count). The Labute approximate surface area is 161 Å². The number of benzene rings is 2. The van der Waals surface area contributed by atoms with E-state index in [9.17, 15) is 4.79 Å². The molecule has 4 heteroatoms. The lowest BCUT2D eigenvalue weighted by Gasteiger charge is -2.39. The predicted octanol–water partition coefficient (Wildman–Crippen LogP) is 3.29. The third-order valence-corrected chi connectivity index (χ3v) is 6.27. The molecule has 27 heavy (non-hydrogen) atoms. The van der Waals surface area contributed by atoms with E-state index in [1.165, 1.54) is 18.4 Å². The Kier molecular flexibility index (Phi) is 5.55. The van der Waals surface area contributed by atoms with Gasteiger partial charge in [0.05, 0.1) is 0 Å². The number of hydrogen-bond acceptors (Lipinski definition) is 3. The SMILES string of the molecule is NC(=O)c1ccccc1C1CC2CCC(C1)N2CCNCc1ccccc1. The Morgan fingerprint density at radius 3 is 2.37 bits per heavy atom. The topological polar surface area (TPSA) is 58.4 Å². The first-order valence-electron chi connectivity index (χ1n) is 10.1. The maximum Gasteiger partial charge on any atom is 0.248 e. The summed E-state index contributed by atoms with van der Waals surface area (Å²) in [6.07, 6.45) is 4.83. The van der Waals surface area contributed by atoms with Crippen molar-refractivity contribution in [3.05, 3.63) is 71.3 Å². The van der Waals surface area contributed by atoms with Crippen LogP contribution in [0.3, 0.4) is 0 Å². The maximum absolute atomic E-state index is 11.8. The molecule has 2 bridgehead atoms. The van der Waals surface area contributed by atoms with Gasteiger partial charge in [-0.3, -0.25) is 9.69 Å². The van der Waals surface area contributed by atoms with Crippen molar-refractivity contribution in [2.24, 2.45) is 5.73 Å². The molecule has 1 amide bonds. The summed E-state index contributed by atoms with van der Waals surface area (Å²) in [5, 5.41) is 3.58. The Bertz CT molecular complexity index is 762. The van der Waals surface area contributed by atoms with Crippen molar-refractivity contribution >= 4 is 5.91 Å². The number of carbonyl (C=O) groups is 1. The summed E-state index contributed by atoms with van der Waals surface area (Å²) in [5.74, 6) is 0.158. The van der Waals surface area contributed by atoms with Crippen molar-refractivity contribution in [3.63, 3.8) is 0 Å². The summed E-state index contributed by atoms with van der Waals surface area (Å²) >= 11 is 0. The van der Waals surface area contributed by atoms with Gasteiger partial charge in [-0.15, -0.1) is 0 Å². The molecule has 2 saturated heterocycles. The fraction of sp³-hybridized carbons (Fsp3) is 0.435. The number of amides is 1. The molecule has 2 fully saturated rings. The molecule has 4 nitrogen and oxygen atoms in total. The van der Waals surface area contributed by atoms with Gasteiger partial charge in [0.25, 0.3) is 0 Å². The molecule has 2 aromatic carbocycles. The Morgan fingerprint density at radius 2 is 1.67 bits per heavy atom. The monoisotopic (exact) mass is 363 g/mol. The normalized spacial score (nSPS) is 24.8. The van der Waals surface area contributed by atoms with E-state index in [2.05, 4.69) is 46.6 Å². The summed E-state index contributed by atoms with van der Waals surface area (Å²) in [4.78, 5) is 14.5. The van der Waals surface area contributed by atoms with Crippen molar-refractivity contribution in [1.82, 2.24) is 10.2 Å². The van der Waals surface area contributed by atoms with E-state index in [-0.39, 0.29) is 5.91 Å². The standard InChI is InChI=1S/C23H29N3O/c24-23(27)22-9-5-4-8-21(22)18-14-19-10-11-20(15-18)26(19)13-12-25-16-17-6-2-1-3-7-17/h1-9,18-20,25H,10-16H2,(H2,24,27). The van der Waals surface area contributed by atoms with Gasteiger partial charge < -0.3 is 11.1 Å². The zero-order valence-electron chi connectivity index (χ0n) is 15.8. The second-order valence-corrected chi connectivity index (χ2v) is 7.91. The molecule has 3 N–H and O–H groups in total. The second kappa shape index (κ2) is 8.24. The average Bonchev–Trinajstić information content (AvgIpc) is 2.93. The van der Waals surface area contributed by atoms with Crippen LogP contribution in [0.5, 0.6) is 0 Å². The molecule has 0 aromatic heterocycles. The van der Waals surface area contributed by atoms with Gasteiger partial charge in [-0.2, -0.15) is 0 Å². The van der Waals surface area contributed by atoms with E-state index in [1.807, 2.05) is 18.2 Å². The third kappa shape index (κ3) is 4.07. The zero-order valence-corrected chi connectivity index (χ0v) is 15.8. The van der Waals surface area contributed by atoms with Crippen LogP contribution in [0.1, 0.15) is 53.1 Å². The quantitative estimate of drug-likeness (QED) is 0.742. The molecule has 142 valence electrons. The molecule has 2 heterocycles. The van der Waals surface area contributed by atoms with Gasteiger partial charge in [0.2, 0.25) is 5.91 Å². The summed E-state index contributed by atoms with van der Waals surface area (Å²) in [6, 6.07) is 19.7. The van der Waals surface area contributed by atoms with Gasteiger partial charge in [-0.1, -0.05) is 48.5 Å². The predicted molar refractivity (Wildman–Crippen MR) is 109 cm³/mol. The summed E-state index contributed by atoms with van der Waals surface area (Å²) in [6.45, 7) is 3.05. The first-order valence-corrected chi connectivity index (χ1v) is 10.1. The van der Waals surface area contributed by atoms with E-state index < -0.39 is 0 Å². The number of fused-ring (bicyclic) bond motifs is 2. The third-order valence-electron chi connectivity index (χ3n) is 6.27.